The number of allylic oxidation sites excluding steroid dienone is 2. The van der Waals surface area contributed by atoms with E-state index in [4.69, 9.17) is 5.73 Å². The fourth-order valence-corrected chi connectivity index (χ4v) is 1.47. The number of amides is 1. The molecule has 0 saturated heterocycles. The number of aliphatic imine (C=N–C) groups is 1. The van der Waals surface area contributed by atoms with E-state index in [1.807, 2.05) is 18.2 Å². The summed E-state index contributed by atoms with van der Waals surface area (Å²) in [5, 5.41) is 0. The third kappa shape index (κ3) is 1.31. The van der Waals surface area contributed by atoms with Crippen LogP contribution >= 0.6 is 0 Å². The van der Waals surface area contributed by atoms with E-state index in [9.17, 15) is 4.79 Å². The molecule has 1 aliphatic carbocycles. The molecule has 0 aromatic heterocycles. The third-order valence-corrected chi connectivity index (χ3v) is 2.38. The van der Waals surface area contributed by atoms with Crippen molar-refractivity contribution < 1.29 is 4.79 Å². The van der Waals surface area contributed by atoms with Crippen molar-refractivity contribution in [1.29, 1.82) is 0 Å². The summed E-state index contributed by atoms with van der Waals surface area (Å²) in [4.78, 5) is 15.1. The van der Waals surface area contributed by atoms with Gasteiger partial charge < -0.3 is 5.73 Å². The zero-order chi connectivity index (χ0) is 10.3. The Labute approximate surface area is 82.7 Å². The van der Waals surface area contributed by atoms with Gasteiger partial charge in [0.05, 0.1) is 5.57 Å². The van der Waals surface area contributed by atoms with Gasteiger partial charge in [-0.15, -0.1) is 0 Å². The molecule has 3 heteroatoms. The van der Waals surface area contributed by atoms with Crippen LogP contribution in [0.2, 0.25) is 0 Å². The molecular weight excluding hydrogens is 176 g/mol. The monoisotopic (exact) mass is 188 g/mol. The molecule has 2 N–H and O–H groups in total. The Hall–Kier alpha value is -1.64. The molecule has 0 unspecified atom stereocenters. The average Bonchev–Trinajstić information content (AvgIpc) is 2.26. The molecule has 1 amide bonds. The molecule has 0 fully saturated rings. The van der Waals surface area contributed by atoms with Crippen molar-refractivity contribution in [1.82, 2.24) is 0 Å². The number of carbonyl (C=O) groups is 1. The summed E-state index contributed by atoms with van der Waals surface area (Å²) in [6.45, 7) is 4.14. The van der Waals surface area contributed by atoms with Gasteiger partial charge in [-0.25, -0.2) is 0 Å². The highest BCUT2D eigenvalue weighted by molar-refractivity contribution is 6.20. The lowest BCUT2D eigenvalue weighted by Gasteiger charge is -2.12. The van der Waals surface area contributed by atoms with E-state index in [-0.39, 0.29) is 11.3 Å². The van der Waals surface area contributed by atoms with Gasteiger partial charge in [0, 0.05) is 11.0 Å². The van der Waals surface area contributed by atoms with Crippen LogP contribution in [0.15, 0.2) is 40.4 Å². The highest BCUT2D eigenvalue weighted by atomic mass is 16.1. The van der Waals surface area contributed by atoms with E-state index in [1.165, 1.54) is 0 Å². The van der Waals surface area contributed by atoms with E-state index in [0.29, 0.717) is 11.4 Å². The third-order valence-electron chi connectivity index (χ3n) is 2.38. The van der Waals surface area contributed by atoms with Gasteiger partial charge in [-0.2, -0.15) is 4.99 Å². The number of hydrogen-bond donors (Lipinski definition) is 1. The quantitative estimate of drug-likeness (QED) is 0.623. The molecule has 0 radical (unpaired) electrons. The van der Waals surface area contributed by atoms with Gasteiger partial charge in [0.2, 0.25) is 0 Å². The lowest BCUT2D eigenvalue weighted by atomic mass is 9.93. The molecule has 3 nitrogen and oxygen atoms in total. The maximum atomic E-state index is 11.4. The molecule has 1 aliphatic heterocycles. The van der Waals surface area contributed by atoms with E-state index >= 15 is 0 Å². The maximum absolute atomic E-state index is 11.4. The minimum Gasteiger partial charge on any atom is -0.383 e. The van der Waals surface area contributed by atoms with Crippen LogP contribution in [0.25, 0.3) is 0 Å². The molecule has 0 spiro atoms. The SMILES string of the molecule is CC1(C)C=CC2=C(C=C1)C(N)=NC2=O. The molecule has 14 heavy (non-hydrogen) atoms. The van der Waals surface area contributed by atoms with Crippen molar-refractivity contribution in [2.45, 2.75) is 13.8 Å². The van der Waals surface area contributed by atoms with E-state index in [2.05, 4.69) is 18.8 Å². The van der Waals surface area contributed by atoms with Gasteiger partial charge in [0.25, 0.3) is 5.91 Å². The van der Waals surface area contributed by atoms with Crippen LogP contribution in [0.3, 0.4) is 0 Å². The lowest BCUT2D eigenvalue weighted by molar-refractivity contribution is -0.113. The van der Waals surface area contributed by atoms with Crippen LogP contribution in [0, 0.1) is 5.41 Å². The van der Waals surface area contributed by atoms with Gasteiger partial charge in [-0.1, -0.05) is 38.2 Å². The molecular formula is C11H12N2O. The van der Waals surface area contributed by atoms with Gasteiger partial charge in [0.1, 0.15) is 5.84 Å². The van der Waals surface area contributed by atoms with Crippen molar-refractivity contribution in [3.05, 3.63) is 35.5 Å². The Morgan fingerprint density at radius 3 is 2.43 bits per heavy atom. The smallest absolute Gasteiger partial charge is 0.279 e. The molecule has 72 valence electrons. The van der Waals surface area contributed by atoms with E-state index in [0.717, 1.165) is 5.57 Å². The number of nitrogens with zero attached hydrogens (tertiary/aromatic N) is 1. The molecule has 0 aromatic rings. The zero-order valence-electron chi connectivity index (χ0n) is 8.24. The lowest BCUT2D eigenvalue weighted by Crippen LogP contribution is -2.11. The summed E-state index contributed by atoms with van der Waals surface area (Å²) in [6.07, 6.45) is 7.69. The Bertz CT molecular complexity index is 423. The summed E-state index contributed by atoms with van der Waals surface area (Å²) in [5.41, 5.74) is 6.94. The summed E-state index contributed by atoms with van der Waals surface area (Å²) in [5.74, 6) is 0.0831. The normalized spacial score (nSPS) is 23.6. The average molecular weight is 188 g/mol. The topological polar surface area (TPSA) is 55.4 Å². The van der Waals surface area contributed by atoms with Crippen molar-refractivity contribution >= 4 is 11.7 Å². The second-order valence-electron chi connectivity index (χ2n) is 4.12. The van der Waals surface area contributed by atoms with Crippen LogP contribution in [0.5, 0.6) is 0 Å². The molecule has 0 aromatic carbocycles. The van der Waals surface area contributed by atoms with Gasteiger partial charge in [-0.3, -0.25) is 4.79 Å². The molecule has 0 saturated carbocycles. The van der Waals surface area contributed by atoms with Crippen LogP contribution in [0.1, 0.15) is 13.8 Å². The Morgan fingerprint density at radius 1 is 1.21 bits per heavy atom. The van der Waals surface area contributed by atoms with Crippen LogP contribution < -0.4 is 5.73 Å². The number of nitrogens with two attached hydrogens (primary N) is 1. The van der Waals surface area contributed by atoms with Gasteiger partial charge in [-0.05, 0) is 0 Å². The Morgan fingerprint density at radius 2 is 1.79 bits per heavy atom. The van der Waals surface area contributed by atoms with E-state index in [1.54, 1.807) is 6.08 Å². The maximum Gasteiger partial charge on any atom is 0.279 e. The number of amidine groups is 1. The minimum absolute atomic E-state index is 0.0368. The second-order valence-corrected chi connectivity index (χ2v) is 4.12. The van der Waals surface area contributed by atoms with E-state index < -0.39 is 0 Å². The largest absolute Gasteiger partial charge is 0.383 e. The molecule has 1 heterocycles. The number of rotatable bonds is 0. The summed E-state index contributed by atoms with van der Waals surface area (Å²) >= 11 is 0. The Kier molecular flexibility index (Phi) is 1.71. The fourth-order valence-electron chi connectivity index (χ4n) is 1.47. The highest BCUT2D eigenvalue weighted by Crippen LogP contribution is 2.28. The standard InChI is InChI=1S/C11H12N2O/c1-11(2)5-3-7-8(4-6-11)10(14)13-9(7)12/h3-6H,1-2H3,(H2,12,13,14). The zero-order valence-corrected chi connectivity index (χ0v) is 8.24. The summed E-state index contributed by atoms with van der Waals surface area (Å²) < 4.78 is 0. The fraction of sp³-hybridized carbons (Fsp3) is 0.273. The van der Waals surface area contributed by atoms with Crippen LogP contribution in [0.4, 0.5) is 0 Å². The first kappa shape index (κ1) is 8.94. The summed E-state index contributed by atoms with van der Waals surface area (Å²) in [7, 11) is 0. The van der Waals surface area contributed by atoms with Crippen molar-refractivity contribution in [2.75, 3.05) is 0 Å². The second kappa shape index (κ2) is 2.67. The van der Waals surface area contributed by atoms with Gasteiger partial charge in [0.15, 0.2) is 0 Å². The van der Waals surface area contributed by atoms with Crippen molar-refractivity contribution in [3.8, 4) is 0 Å². The first-order chi connectivity index (χ1) is 6.49. The van der Waals surface area contributed by atoms with Gasteiger partial charge >= 0.3 is 0 Å². The summed E-state index contributed by atoms with van der Waals surface area (Å²) in [6, 6.07) is 0. The predicted octanol–water partition coefficient (Wildman–Crippen LogP) is 1.33. The highest BCUT2D eigenvalue weighted by Gasteiger charge is 2.24. The molecule has 0 atom stereocenters. The van der Waals surface area contributed by atoms with Crippen molar-refractivity contribution in [2.24, 2.45) is 16.1 Å². The minimum atomic E-state index is -0.240. The van der Waals surface area contributed by atoms with Crippen LogP contribution in [-0.2, 0) is 4.79 Å². The Balaban J connectivity index is 2.51. The molecule has 2 aliphatic rings. The first-order valence-corrected chi connectivity index (χ1v) is 4.51. The first-order valence-electron chi connectivity index (χ1n) is 4.51. The number of hydrogen-bond acceptors (Lipinski definition) is 2. The predicted molar refractivity (Wildman–Crippen MR) is 55.7 cm³/mol. The molecule has 2 rings (SSSR count). The number of carbonyl (C=O) groups excluding carboxylic acids is 1. The van der Waals surface area contributed by atoms with Crippen molar-refractivity contribution in [3.63, 3.8) is 0 Å². The molecule has 0 bridgehead atoms. The van der Waals surface area contributed by atoms with Crippen LogP contribution in [-0.4, -0.2) is 11.7 Å².